The molecule has 0 bridgehead atoms. The Balaban J connectivity index is 2.90. The summed E-state index contributed by atoms with van der Waals surface area (Å²) in [6.07, 6.45) is 1.64. The van der Waals surface area contributed by atoms with Gasteiger partial charge in [-0.1, -0.05) is 13.8 Å². The van der Waals surface area contributed by atoms with Crippen LogP contribution in [0.5, 0.6) is 0 Å². The molecule has 0 saturated carbocycles. The van der Waals surface area contributed by atoms with Crippen molar-refractivity contribution in [3.8, 4) is 0 Å². The summed E-state index contributed by atoms with van der Waals surface area (Å²) in [5.41, 5.74) is 0. The molecule has 0 fully saturated rings. The fourth-order valence-electron chi connectivity index (χ4n) is 1.17. The Morgan fingerprint density at radius 3 is 2.54 bits per heavy atom. The number of ketones is 1. The molecule has 0 unspecified atom stereocenters. The van der Waals surface area contributed by atoms with E-state index in [1.165, 1.54) is 0 Å². The number of rotatable bonds is 4. The molecule has 1 aromatic heterocycles. The molecule has 1 heterocycles. The van der Waals surface area contributed by atoms with Crippen LogP contribution in [0.4, 0.5) is 0 Å². The van der Waals surface area contributed by atoms with Crippen LogP contribution in [-0.4, -0.2) is 20.5 Å². The Kier molecular flexibility index (Phi) is 3.17. The lowest BCUT2D eigenvalue weighted by Gasteiger charge is -1.99. The van der Waals surface area contributed by atoms with E-state index < -0.39 is 0 Å². The smallest absolute Gasteiger partial charge is 0.151 e. The molecule has 0 N–H and O–H groups in total. The van der Waals surface area contributed by atoms with Crippen molar-refractivity contribution in [2.24, 2.45) is 0 Å². The summed E-state index contributed by atoms with van der Waals surface area (Å²) in [6.45, 7) is 5.93. The number of nitrogens with zero attached hydrogens (tertiary/aromatic N) is 3. The normalized spacial score (nSPS) is 10.4. The number of carbonyl (C=O) groups is 1. The zero-order valence-electron chi connectivity index (χ0n) is 8.37. The second-order valence-corrected chi connectivity index (χ2v) is 3.01. The van der Waals surface area contributed by atoms with Crippen molar-refractivity contribution < 1.29 is 4.79 Å². The molecule has 0 saturated heterocycles. The Morgan fingerprint density at radius 2 is 2.08 bits per heavy atom. The Morgan fingerprint density at radius 1 is 1.38 bits per heavy atom. The highest BCUT2D eigenvalue weighted by molar-refractivity contribution is 5.75. The van der Waals surface area contributed by atoms with E-state index in [1.807, 2.05) is 13.8 Å². The predicted molar refractivity (Wildman–Crippen MR) is 49.5 cm³/mol. The van der Waals surface area contributed by atoms with Crippen LogP contribution in [0.2, 0.25) is 0 Å². The summed E-state index contributed by atoms with van der Waals surface area (Å²) in [7, 11) is 0. The number of hydrogen-bond acceptors (Lipinski definition) is 3. The molecule has 0 radical (unpaired) electrons. The second-order valence-electron chi connectivity index (χ2n) is 3.01. The van der Waals surface area contributed by atoms with Crippen molar-refractivity contribution >= 4 is 5.78 Å². The maximum atomic E-state index is 10.9. The van der Waals surface area contributed by atoms with Crippen LogP contribution in [-0.2, 0) is 24.2 Å². The van der Waals surface area contributed by atoms with Gasteiger partial charge in [0, 0.05) is 12.8 Å². The minimum absolute atomic E-state index is 0.113. The minimum Gasteiger partial charge on any atom is -0.298 e. The molecule has 72 valence electrons. The van der Waals surface area contributed by atoms with Gasteiger partial charge in [0.25, 0.3) is 0 Å². The average Bonchev–Trinajstić information content (AvgIpc) is 2.46. The number of hydrogen-bond donors (Lipinski definition) is 0. The van der Waals surface area contributed by atoms with Gasteiger partial charge in [-0.3, -0.25) is 4.79 Å². The highest BCUT2D eigenvalue weighted by Crippen LogP contribution is 2.00. The molecular formula is C9H15N3O. The van der Waals surface area contributed by atoms with E-state index >= 15 is 0 Å². The molecule has 0 aromatic carbocycles. The van der Waals surface area contributed by atoms with Crippen LogP contribution in [0.25, 0.3) is 0 Å². The molecule has 0 aliphatic heterocycles. The van der Waals surface area contributed by atoms with Crippen molar-refractivity contribution in [3.63, 3.8) is 0 Å². The van der Waals surface area contributed by atoms with Gasteiger partial charge in [-0.25, -0.2) is 9.67 Å². The highest BCUT2D eigenvalue weighted by atomic mass is 16.1. The van der Waals surface area contributed by atoms with Gasteiger partial charge in [0.05, 0.1) is 0 Å². The summed E-state index contributed by atoms with van der Waals surface area (Å²) in [6, 6.07) is 0. The lowest BCUT2D eigenvalue weighted by Crippen LogP contribution is -2.11. The molecule has 4 heteroatoms. The maximum Gasteiger partial charge on any atom is 0.151 e. The average molecular weight is 181 g/mol. The molecule has 0 amide bonds. The first kappa shape index (κ1) is 9.89. The van der Waals surface area contributed by atoms with Crippen molar-refractivity contribution in [1.82, 2.24) is 14.8 Å². The van der Waals surface area contributed by atoms with Gasteiger partial charge in [-0.2, -0.15) is 5.10 Å². The summed E-state index contributed by atoms with van der Waals surface area (Å²) in [4.78, 5) is 15.2. The first-order valence-corrected chi connectivity index (χ1v) is 4.59. The first-order valence-electron chi connectivity index (χ1n) is 4.59. The zero-order chi connectivity index (χ0) is 9.84. The van der Waals surface area contributed by atoms with Crippen LogP contribution in [0.3, 0.4) is 0 Å². The van der Waals surface area contributed by atoms with E-state index in [-0.39, 0.29) is 5.78 Å². The largest absolute Gasteiger partial charge is 0.298 e. The van der Waals surface area contributed by atoms with Crippen LogP contribution in [0.1, 0.15) is 32.4 Å². The van der Waals surface area contributed by atoms with E-state index in [0.29, 0.717) is 6.54 Å². The monoisotopic (exact) mass is 181 g/mol. The third-order valence-corrected chi connectivity index (χ3v) is 1.80. The number of aryl methyl sites for hydroxylation is 2. The van der Waals surface area contributed by atoms with Gasteiger partial charge in [0.15, 0.2) is 11.6 Å². The molecule has 0 aliphatic rings. The van der Waals surface area contributed by atoms with Gasteiger partial charge < -0.3 is 0 Å². The molecule has 0 atom stereocenters. The van der Waals surface area contributed by atoms with Gasteiger partial charge in [0.2, 0.25) is 0 Å². The van der Waals surface area contributed by atoms with Crippen LogP contribution in [0.15, 0.2) is 0 Å². The standard InChI is InChI=1S/C9H15N3O/c1-4-8-10-9(5-2)12(11-8)6-7(3)13/h4-6H2,1-3H3. The second kappa shape index (κ2) is 4.16. The molecule has 0 aliphatic carbocycles. The SMILES string of the molecule is CCc1nc(CC)n(CC(C)=O)n1. The summed E-state index contributed by atoms with van der Waals surface area (Å²) >= 11 is 0. The molecular weight excluding hydrogens is 166 g/mol. The quantitative estimate of drug-likeness (QED) is 0.696. The fourth-order valence-corrected chi connectivity index (χ4v) is 1.17. The molecule has 1 aromatic rings. The van der Waals surface area contributed by atoms with E-state index in [9.17, 15) is 4.79 Å². The number of Topliss-reactive ketones (excluding diaryl/α,β-unsaturated/α-hetero) is 1. The van der Waals surface area contributed by atoms with Crippen molar-refractivity contribution in [2.45, 2.75) is 40.2 Å². The highest BCUT2D eigenvalue weighted by Gasteiger charge is 2.07. The molecule has 4 nitrogen and oxygen atoms in total. The van der Waals surface area contributed by atoms with E-state index in [4.69, 9.17) is 0 Å². The lowest BCUT2D eigenvalue weighted by molar-refractivity contribution is -0.117. The Labute approximate surface area is 78.0 Å². The fraction of sp³-hybridized carbons (Fsp3) is 0.667. The van der Waals surface area contributed by atoms with Crippen molar-refractivity contribution in [2.75, 3.05) is 0 Å². The lowest BCUT2D eigenvalue weighted by atomic mass is 10.4. The van der Waals surface area contributed by atoms with Crippen LogP contribution < -0.4 is 0 Å². The van der Waals surface area contributed by atoms with Crippen LogP contribution in [0, 0.1) is 0 Å². The van der Waals surface area contributed by atoms with Crippen molar-refractivity contribution in [3.05, 3.63) is 11.6 Å². The van der Waals surface area contributed by atoms with E-state index in [2.05, 4.69) is 10.1 Å². The van der Waals surface area contributed by atoms with Gasteiger partial charge >= 0.3 is 0 Å². The Bertz CT molecular complexity index is 304. The first-order chi connectivity index (χ1) is 6.17. The van der Waals surface area contributed by atoms with Gasteiger partial charge in [0.1, 0.15) is 12.4 Å². The third-order valence-electron chi connectivity index (χ3n) is 1.80. The van der Waals surface area contributed by atoms with Crippen molar-refractivity contribution in [1.29, 1.82) is 0 Å². The van der Waals surface area contributed by atoms with E-state index in [0.717, 1.165) is 24.5 Å². The van der Waals surface area contributed by atoms with E-state index in [1.54, 1.807) is 11.6 Å². The topological polar surface area (TPSA) is 47.8 Å². The summed E-state index contributed by atoms with van der Waals surface area (Å²) in [5, 5.41) is 4.22. The number of carbonyl (C=O) groups excluding carboxylic acids is 1. The minimum atomic E-state index is 0.113. The summed E-state index contributed by atoms with van der Waals surface area (Å²) < 4.78 is 1.70. The number of aromatic nitrogens is 3. The van der Waals surface area contributed by atoms with Gasteiger partial charge in [-0.05, 0) is 6.92 Å². The van der Waals surface area contributed by atoms with Gasteiger partial charge in [-0.15, -0.1) is 0 Å². The third kappa shape index (κ3) is 2.37. The molecule has 1 rings (SSSR count). The van der Waals surface area contributed by atoms with Crippen LogP contribution >= 0.6 is 0 Å². The molecule has 13 heavy (non-hydrogen) atoms. The summed E-state index contributed by atoms with van der Waals surface area (Å²) in [5.74, 6) is 1.83. The Hall–Kier alpha value is -1.19. The predicted octanol–water partition coefficient (Wildman–Crippen LogP) is 0.992. The maximum absolute atomic E-state index is 10.9. The zero-order valence-corrected chi connectivity index (χ0v) is 8.37. The molecule has 0 spiro atoms.